The fourth-order valence-corrected chi connectivity index (χ4v) is 2.60. The van der Waals surface area contributed by atoms with Gasteiger partial charge in [0.15, 0.2) is 0 Å². The van der Waals surface area contributed by atoms with E-state index in [1.165, 1.54) is 35.6 Å². The van der Waals surface area contributed by atoms with Crippen LogP contribution in [0.1, 0.15) is 27.5 Å². The molecular formula is C14H13FN2O2S. The number of primary amides is 1. The predicted molar refractivity (Wildman–Crippen MR) is 74.9 cm³/mol. The molecule has 20 heavy (non-hydrogen) atoms. The van der Waals surface area contributed by atoms with Crippen LogP contribution in [0.15, 0.2) is 35.0 Å². The lowest BCUT2D eigenvalue weighted by Crippen LogP contribution is -2.37. The Labute approximate surface area is 119 Å². The van der Waals surface area contributed by atoms with E-state index in [2.05, 4.69) is 5.32 Å². The number of hydrogen-bond acceptors (Lipinski definition) is 3. The van der Waals surface area contributed by atoms with E-state index in [1.54, 1.807) is 5.38 Å². The van der Waals surface area contributed by atoms with E-state index in [4.69, 9.17) is 5.73 Å². The molecule has 0 aliphatic carbocycles. The van der Waals surface area contributed by atoms with Crippen molar-refractivity contribution in [3.63, 3.8) is 0 Å². The second-order valence-corrected chi connectivity index (χ2v) is 5.07. The number of hydrogen-bond donors (Lipinski definition) is 2. The lowest BCUT2D eigenvalue weighted by atomic mass is 10.1. The summed E-state index contributed by atoms with van der Waals surface area (Å²) in [5, 5.41) is 6.11. The number of nitrogens with one attached hydrogen (secondary N) is 1. The van der Waals surface area contributed by atoms with E-state index in [0.717, 1.165) is 5.56 Å². The Kier molecular flexibility index (Phi) is 4.14. The molecule has 0 saturated heterocycles. The molecule has 6 heteroatoms. The zero-order chi connectivity index (χ0) is 14.7. The van der Waals surface area contributed by atoms with Gasteiger partial charge in [0.2, 0.25) is 5.91 Å². The third kappa shape index (κ3) is 3.03. The lowest BCUT2D eigenvalue weighted by Gasteiger charge is -2.15. The summed E-state index contributed by atoms with van der Waals surface area (Å²) in [7, 11) is 0. The smallest absolute Gasteiger partial charge is 0.253 e. The molecule has 0 spiro atoms. The van der Waals surface area contributed by atoms with Crippen molar-refractivity contribution < 1.29 is 14.0 Å². The van der Waals surface area contributed by atoms with Gasteiger partial charge < -0.3 is 11.1 Å². The van der Waals surface area contributed by atoms with Crippen molar-refractivity contribution >= 4 is 23.2 Å². The molecule has 4 nitrogen and oxygen atoms in total. The van der Waals surface area contributed by atoms with Crippen molar-refractivity contribution in [1.29, 1.82) is 0 Å². The largest absolute Gasteiger partial charge is 0.368 e. The Morgan fingerprint density at radius 1 is 1.25 bits per heavy atom. The minimum absolute atomic E-state index is 0.378. The first-order valence-corrected chi connectivity index (χ1v) is 6.81. The van der Waals surface area contributed by atoms with E-state index in [0.29, 0.717) is 11.1 Å². The summed E-state index contributed by atoms with van der Waals surface area (Å²) in [6, 6.07) is 4.29. The van der Waals surface area contributed by atoms with Crippen molar-refractivity contribution in [3.8, 4) is 0 Å². The van der Waals surface area contributed by atoms with Gasteiger partial charge in [0.05, 0.1) is 5.56 Å². The molecule has 0 aliphatic heterocycles. The first-order valence-electron chi connectivity index (χ1n) is 5.87. The number of carbonyl (C=O) groups is 2. The Balaban J connectivity index is 2.22. The molecule has 0 aliphatic rings. The normalized spacial score (nSPS) is 11.9. The highest BCUT2D eigenvalue weighted by atomic mass is 32.1. The highest BCUT2D eigenvalue weighted by Gasteiger charge is 2.22. The summed E-state index contributed by atoms with van der Waals surface area (Å²) in [6.07, 6.45) is 0. The minimum Gasteiger partial charge on any atom is -0.368 e. The summed E-state index contributed by atoms with van der Waals surface area (Å²) >= 11 is 1.40. The van der Waals surface area contributed by atoms with Gasteiger partial charge in [-0.05, 0) is 35.6 Å². The van der Waals surface area contributed by atoms with Gasteiger partial charge in [0.25, 0.3) is 5.91 Å². The maximum Gasteiger partial charge on any atom is 0.253 e. The predicted octanol–water partition coefficient (Wildman–Crippen LogP) is 2.15. The van der Waals surface area contributed by atoms with Crippen molar-refractivity contribution in [2.24, 2.45) is 5.73 Å². The van der Waals surface area contributed by atoms with Crippen molar-refractivity contribution in [2.45, 2.75) is 13.0 Å². The second-order valence-electron chi connectivity index (χ2n) is 4.33. The maximum atomic E-state index is 12.9. The zero-order valence-corrected chi connectivity index (χ0v) is 11.5. The first-order chi connectivity index (χ1) is 9.49. The summed E-state index contributed by atoms with van der Waals surface area (Å²) in [6.45, 7) is 1.81. The van der Waals surface area contributed by atoms with Crippen molar-refractivity contribution in [2.75, 3.05) is 0 Å². The number of nitrogens with two attached hydrogens (primary N) is 1. The van der Waals surface area contributed by atoms with E-state index in [9.17, 15) is 14.0 Å². The molecule has 104 valence electrons. The van der Waals surface area contributed by atoms with Gasteiger partial charge in [-0.25, -0.2) is 4.39 Å². The van der Waals surface area contributed by atoms with Crippen LogP contribution in [-0.4, -0.2) is 11.8 Å². The highest BCUT2D eigenvalue weighted by Crippen LogP contribution is 2.17. The van der Waals surface area contributed by atoms with Gasteiger partial charge in [-0.15, -0.1) is 0 Å². The van der Waals surface area contributed by atoms with Crippen LogP contribution in [0.4, 0.5) is 4.39 Å². The minimum atomic E-state index is -0.984. The molecule has 1 aromatic heterocycles. The molecule has 2 aromatic rings. The van der Waals surface area contributed by atoms with Crippen LogP contribution in [0, 0.1) is 12.7 Å². The topological polar surface area (TPSA) is 72.2 Å². The van der Waals surface area contributed by atoms with Gasteiger partial charge in [0.1, 0.15) is 11.9 Å². The monoisotopic (exact) mass is 292 g/mol. The number of rotatable bonds is 4. The maximum absolute atomic E-state index is 12.9. The van der Waals surface area contributed by atoms with Gasteiger partial charge >= 0.3 is 0 Å². The Hall–Kier alpha value is -2.21. The van der Waals surface area contributed by atoms with Crippen LogP contribution in [0.25, 0.3) is 0 Å². The van der Waals surface area contributed by atoms with Gasteiger partial charge in [-0.1, -0.05) is 12.1 Å². The third-order valence-electron chi connectivity index (χ3n) is 2.86. The number of aryl methyl sites for hydroxylation is 1. The molecule has 3 N–H and O–H groups in total. The third-order valence-corrected chi connectivity index (χ3v) is 3.72. The van der Waals surface area contributed by atoms with Gasteiger partial charge in [-0.3, -0.25) is 9.59 Å². The van der Waals surface area contributed by atoms with Gasteiger partial charge in [0, 0.05) is 5.38 Å². The standard InChI is InChI=1S/C14H13FN2O2S/c1-8-6-20-7-11(8)14(19)17-12(13(16)18)9-2-4-10(15)5-3-9/h2-7,12H,1H3,(H2,16,18)(H,17,19)/t12-/m1/s1. The Bertz CT molecular complexity index is 637. The zero-order valence-electron chi connectivity index (χ0n) is 10.7. The summed E-state index contributed by atoms with van der Waals surface area (Å²) in [5.74, 6) is -1.49. The SMILES string of the molecule is Cc1cscc1C(=O)N[C@@H](C(N)=O)c1ccc(F)cc1. The molecule has 2 amide bonds. The number of thiophene rings is 1. The highest BCUT2D eigenvalue weighted by molar-refractivity contribution is 7.08. The quantitative estimate of drug-likeness (QED) is 0.906. The van der Waals surface area contributed by atoms with Crippen LogP contribution in [0.5, 0.6) is 0 Å². The second kappa shape index (κ2) is 5.83. The first kappa shape index (κ1) is 14.2. The molecule has 1 heterocycles. The molecule has 0 fully saturated rings. The van der Waals surface area contributed by atoms with Crippen LogP contribution in [0.2, 0.25) is 0 Å². The van der Waals surface area contributed by atoms with Crippen LogP contribution in [-0.2, 0) is 4.79 Å². The number of benzene rings is 1. The molecular weight excluding hydrogens is 279 g/mol. The number of carbonyl (C=O) groups excluding carboxylic acids is 2. The molecule has 2 rings (SSSR count). The fraction of sp³-hybridized carbons (Fsp3) is 0.143. The summed E-state index contributed by atoms with van der Waals surface area (Å²) < 4.78 is 12.9. The molecule has 0 saturated carbocycles. The molecule has 0 radical (unpaired) electrons. The van der Waals surface area contributed by atoms with Crippen LogP contribution < -0.4 is 11.1 Å². The fourth-order valence-electron chi connectivity index (χ4n) is 1.78. The summed E-state index contributed by atoms with van der Waals surface area (Å²) in [4.78, 5) is 23.6. The van der Waals surface area contributed by atoms with Crippen molar-refractivity contribution in [1.82, 2.24) is 5.32 Å². The Morgan fingerprint density at radius 2 is 1.90 bits per heavy atom. The van der Waals surface area contributed by atoms with E-state index >= 15 is 0 Å². The van der Waals surface area contributed by atoms with E-state index < -0.39 is 17.8 Å². The molecule has 0 bridgehead atoms. The van der Waals surface area contributed by atoms with Gasteiger partial charge in [-0.2, -0.15) is 11.3 Å². The number of amides is 2. The van der Waals surface area contributed by atoms with Crippen LogP contribution in [0.3, 0.4) is 0 Å². The average Bonchev–Trinajstić information content (AvgIpc) is 2.83. The molecule has 0 unspecified atom stereocenters. The van der Waals surface area contributed by atoms with Crippen LogP contribution >= 0.6 is 11.3 Å². The lowest BCUT2D eigenvalue weighted by molar-refractivity contribution is -0.120. The molecule has 1 aromatic carbocycles. The summed E-state index contributed by atoms with van der Waals surface area (Å²) in [5.41, 5.74) is 7.08. The van der Waals surface area contributed by atoms with E-state index in [1.807, 2.05) is 12.3 Å². The van der Waals surface area contributed by atoms with E-state index in [-0.39, 0.29) is 5.91 Å². The Morgan fingerprint density at radius 3 is 2.40 bits per heavy atom. The molecule has 1 atom stereocenters. The average molecular weight is 292 g/mol. The van der Waals surface area contributed by atoms with Crippen molar-refractivity contribution in [3.05, 3.63) is 57.5 Å². The number of halogens is 1.